The third kappa shape index (κ3) is 3.43. The zero-order valence-corrected chi connectivity index (χ0v) is 11.5. The first-order valence-corrected chi connectivity index (χ1v) is 6.52. The first-order valence-electron chi connectivity index (χ1n) is 6.52. The average Bonchev–Trinajstić information content (AvgIpc) is 2.84. The fourth-order valence-corrected chi connectivity index (χ4v) is 2.31. The second kappa shape index (κ2) is 6.50. The van der Waals surface area contributed by atoms with E-state index in [1.54, 1.807) is 7.11 Å². The summed E-state index contributed by atoms with van der Waals surface area (Å²) in [4.78, 5) is 0. The number of aryl methyl sites for hydroxylation is 2. The average molecular weight is 259 g/mol. The van der Waals surface area contributed by atoms with Gasteiger partial charge >= 0.3 is 0 Å². The van der Waals surface area contributed by atoms with Crippen molar-refractivity contribution in [3.63, 3.8) is 0 Å². The van der Waals surface area contributed by atoms with Crippen LogP contribution in [0.15, 0.2) is 42.6 Å². The number of nitrogens with zero attached hydrogens (tertiary/aromatic N) is 2. The minimum absolute atomic E-state index is 0.0256. The van der Waals surface area contributed by atoms with Crippen LogP contribution in [0.5, 0.6) is 0 Å². The number of hydrogen-bond acceptors (Lipinski definition) is 3. The molecule has 0 spiro atoms. The van der Waals surface area contributed by atoms with Crippen LogP contribution in [-0.4, -0.2) is 22.9 Å². The molecular formula is C15H21N3O. The first kappa shape index (κ1) is 13.8. The van der Waals surface area contributed by atoms with Gasteiger partial charge in [0.25, 0.3) is 0 Å². The van der Waals surface area contributed by atoms with E-state index in [2.05, 4.69) is 17.2 Å². The number of rotatable bonds is 6. The molecule has 0 aliphatic carbocycles. The summed E-state index contributed by atoms with van der Waals surface area (Å²) in [6, 6.07) is 12.1. The molecule has 0 aliphatic rings. The van der Waals surface area contributed by atoms with E-state index in [4.69, 9.17) is 10.5 Å². The number of aromatic nitrogens is 2. The molecular weight excluding hydrogens is 238 g/mol. The highest BCUT2D eigenvalue weighted by Crippen LogP contribution is 2.21. The summed E-state index contributed by atoms with van der Waals surface area (Å²) in [7, 11) is 3.66. The van der Waals surface area contributed by atoms with Crippen molar-refractivity contribution in [2.24, 2.45) is 12.8 Å². The fourth-order valence-electron chi connectivity index (χ4n) is 2.31. The Labute approximate surface area is 114 Å². The van der Waals surface area contributed by atoms with Gasteiger partial charge in [0.1, 0.15) is 0 Å². The van der Waals surface area contributed by atoms with Crippen molar-refractivity contribution in [1.29, 1.82) is 0 Å². The molecule has 2 rings (SSSR count). The van der Waals surface area contributed by atoms with Crippen molar-refractivity contribution >= 4 is 0 Å². The lowest BCUT2D eigenvalue weighted by Crippen LogP contribution is -2.30. The molecule has 1 aromatic carbocycles. The Kier molecular flexibility index (Phi) is 4.71. The minimum Gasteiger partial charge on any atom is -0.375 e. The minimum atomic E-state index is -0.0607. The van der Waals surface area contributed by atoms with Crippen LogP contribution in [0.2, 0.25) is 0 Å². The third-order valence-electron chi connectivity index (χ3n) is 3.43. The highest BCUT2D eigenvalue weighted by atomic mass is 16.5. The highest BCUT2D eigenvalue weighted by Gasteiger charge is 2.19. The standard InChI is InChI=1S/C15H21N3O/c1-18-13(10-11-17-18)8-9-14(16)15(19-2)12-6-4-3-5-7-12/h3-7,10-11,14-15H,8-9,16H2,1-2H3. The molecule has 0 fully saturated rings. The zero-order chi connectivity index (χ0) is 13.7. The first-order chi connectivity index (χ1) is 9.22. The van der Waals surface area contributed by atoms with Crippen LogP contribution in [0.3, 0.4) is 0 Å². The molecule has 0 saturated heterocycles. The molecule has 1 heterocycles. The molecule has 2 N–H and O–H groups in total. The van der Waals surface area contributed by atoms with Crippen molar-refractivity contribution < 1.29 is 4.74 Å². The summed E-state index contributed by atoms with van der Waals surface area (Å²) in [5, 5.41) is 4.16. The van der Waals surface area contributed by atoms with Gasteiger partial charge in [-0.05, 0) is 24.5 Å². The summed E-state index contributed by atoms with van der Waals surface area (Å²) in [6.45, 7) is 0. The summed E-state index contributed by atoms with van der Waals surface area (Å²) in [6.07, 6.45) is 3.53. The second-order valence-electron chi connectivity index (χ2n) is 4.72. The lowest BCUT2D eigenvalue weighted by Gasteiger charge is -2.23. The highest BCUT2D eigenvalue weighted by molar-refractivity contribution is 5.19. The van der Waals surface area contributed by atoms with Gasteiger partial charge in [0, 0.05) is 32.1 Å². The van der Waals surface area contributed by atoms with Crippen LogP contribution in [0, 0.1) is 0 Å². The van der Waals surface area contributed by atoms with Gasteiger partial charge in [0.2, 0.25) is 0 Å². The van der Waals surface area contributed by atoms with E-state index in [1.807, 2.05) is 42.2 Å². The monoisotopic (exact) mass is 259 g/mol. The maximum Gasteiger partial charge on any atom is 0.0972 e. The Bertz CT molecular complexity index is 495. The maximum absolute atomic E-state index is 6.27. The van der Waals surface area contributed by atoms with Crippen LogP contribution in [-0.2, 0) is 18.2 Å². The second-order valence-corrected chi connectivity index (χ2v) is 4.72. The van der Waals surface area contributed by atoms with Crippen molar-refractivity contribution in [2.45, 2.75) is 25.0 Å². The van der Waals surface area contributed by atoms with E-state index in [1.165, 1.54) is 5.69 Å². The quantitative estimate of drug-likeness (QED) is 0.864. The number of methoxy groups -OCH3 is 1. The number of benzene rings is 1. The molecule has 0 saturated carbocycles. The largest absolute Gasteiger partial charge is 0.375 e. The fraction of sp³-hybridized carbons (Fsp3) is 0.400. The Morgan fingerprint density at radius 1 is 1.26 bits per heavy atom. The Hall–Kier alpha value is -1.65. The van der Waals surface area contributed by atoms with Crippen LogP contribution in [0.25, 0.3) is 0 Å². The van der Waals surface area contributed by atoms with Crippen molar-refractivity contribution in [3.8, 4) is 0 Å². The van der Waals surface area contributed by atoms with E-state index >= 15 is 0 Å². The normalized spacial score (nSPS) is 14.3. The van der Waals surface area contributed by atoms with E-state index in [0.717, 1.165) is 18.4 Å². The van der Waals surface area contributed by atoms with E-state index in [9.17, 15) is 0 Å². The van der Waals surface area contributed by atoms with Gasteiger partial charge in [-0.25, -0.2) is 0 Å². The van der Waals surface area contributed by atoms with Crippen LogP contribution < -0.4 is 5.73 Å². The molecule has 2 aromatic rings. The number of nitrogens with two attached hydrogens (primary N) is 1. The predicted molar refractivity (Wildman–Crippen MR) is 75.7 cm³/mol. The van der Waals surface area contributed by atoms with Gasteiger partial charge in [-0.2, -0.15) is 5.10 Å². The SMILES string of the molecule is COC(c1ccccc1)C(N)CCc1ccnn1C. The lowest BCUT2D eigenvalue weighted by atomic mass is 9.98. The molecule has 0 aliphatic heterocycles. The van der Waals surface area contributed by atoms with Crippen LogP contribution in [0.1, 0.15) is 23.8 Å². The van der Waals surface area contributed by atoms with Gasteiger partial charge in [0.05, 0.1) is 6.10 Å². The molecule has 4 nitrogen and oxygen atoms in total. The Balaban J connectivity index is 1.98. The van der Waals surface area contributed by atoms with Gasteiger partial charge in [-0.1, -0.05) is 30.3 Å². The molecule has 102 valence electrons. The zero-order valence-electron chi connectivity index (χ0n) is 11.5. The van der Waals surface area contributed by atoms with Crippen molar-refractivity contribution in [2.75, 3.05) is 7.11 Å². The van der Waals surface area contributed by atoms with E-state index in [0.29, 0.717) is 0 Å². The molecule has 2 atom stereocenters. The van der Waals surface area contributed by atoms with Crippen LogP contribution in [0.4, 0.5) is 0 Å². The van der Waals surface area contributed by atoms with Gasteiger partial charge in [0.15, 0.2) is 0 Å². The van der Waals surface area contributed by atoms with E-state index < -0.39 is 0 Å². The lowest BCUT2D eigenvalue weighted by molar-refractivity contribution is 0.0776. The van der Waals surface area contributed by atoms with Crippen molar-refractivity contribution in [1.82, 2.24) is 9.78 Å². The van der Waals surface area contributed by atoms with Gasteiger partial charge < -0.3 is 10.5 Å². The topological polar surface area (TPSA) is 53.1 Å². The molecule has 0 radical (unpaired) electrons. The molecule has 19 heavy (non-hydrogen) atoms. The Morgan fingerprint density at radius 2 is 2.00 bits per heavy atom. The van der Waals surface area contributed by atoms with Gasteiger partial charge in [-0.3, -0.25) is 4.68 Å². The van der Waals surface area contributed by atoms with E-state index in [-0.39, 0.29) is 12.1 Å². The molecule has 1 aromatic heterocycles. The summed E-state index contributed by atoms with van der Waals surface area (Å²) < 4.78 is 7.44. The molecule has 4 heteroatoms. The number of hydrogen-bond donors (Lipinski definition) is 1. The van der Waals surface area contributed by atoms with Crippen molar-refractivity contribution in [3.05, 3.63) is 53.9 Å². The van der Waals surface area contributed by atoms with Gasteiger partial charge in [-0.15, -0.1) is 0 Å². The smallest absolute Gasteiger partial charge is 0.0972 e. The molecule has 0 bridgehead atoms. The third-order valence-corrected chi connectivity index (χ3v) is 3.43. The molecule has 0 amide bonds. The number of ether oxygens (including phenoxy) is 1. The summed E-state index contributed by atoms with van der Waals surface area (Å²) in [5.74, 6) is 0. The summed E-state index contributed by atoms with van der Waals surface area (Å²) >= 11 is 0. The maximum atomic E-state index is 6.27. The Morgan fingerprint density at radius 3 is 2.58 bits per heavy atom. The van der Waals surface area contributed by atoms with Crippen LogP contribution >= 0.6 is 0 Å². The molecule has 2 unspecified atom stereocenters. The summed E-state index contributed by atoms with van der Waals surface area (Å²) in [5.41, 5.74) is 8.59. The predicted octanol–water partition coefficient (Wildman–Crippen LogP) is 2.07.